The van der Waals surface area contributed by atoms with E-state index in [1.165, 1.54) is 16.7 Å². The highest BCUT2D eigenvalue weighted by Crippen LogP contribution is 2.33. The average molecular weight is 472 g/mol. The lowest BCUT2D eigenvalue weighted by atomic mass is 10.1. The predicted molar refractivity (Wildman–Crippen MR) is 109 cm³/mol. The Bertz CT molecular complexity index is 1230. The van der Waals surface area contributed by atoms with E-state index >= 15 is 0 Å². The first-order valence-corrected chi connectivity index (χ1v) is 11.9. The molecule has 2 aliphatic heterocycles. The van der Waals surface area contributed by atoms with Gasteiger partial charge in [-0.25, -0.2) is 27.3 Å². The largest absolute Gasteiger partial charge is 0.378 e. The third-order valence-corrected chi connectivity index (χ3v) is 7.33. The van der Waals surface area contributed by atoms with Crippen LogP contribution in [0.4, 0.5) is 14.5 Å². The second-order valence-electron chi connectivity index (χ2n) is 7.40. The Morgan fingerprint density at radius 3 is 2.84 bits per heavy atom. The molecule has 3 aromatic heterocycles. The van der Waals surface area contributed by atoms with Crippen molar-refractivity contribution in [2.75, 3.05) is 44.3 Å². The minimum atomic E-state index is -4.03. The number of alkyl halides is 2. The Morgan fingerprint density at radius 1 is 1.26 bits per heavy atom. The molecular formula is C17H19F2N7O3S2. The van der Waals surface area contributed by atoms with Gasteiger partial charge in [0.1, 0.15) is 4.90 Å². The van der Waals surface area contributed by atoms with Crippen molar-refractivity contribution in [2.45, 2.75) is 17.4 Å². The lowest BCUT2D eigenvalue weighted by Crippen LogP contribution is -2.58. The maximum Gasteiger partial charge on any atom is 0.291 e. The van der Waals surface area contributed by atoms with Crippen molar-refractivity contribution in [3.8, 4) is 10.8 Å². The van der Waals surface area contributed by atoms with Crippen molar-refractivity contribution in [1.82, 2.24) is 24.5 Å². The topological polar surface area (TPSA) is 119 Å². The smallest absolute Gasteiger partial charge is 0.291 e. The molecule has 0 aliphatic carbocycles. The molecule has 1 unspecified atom stereocenters. The number of anilines is 1. The fourth-order valence-electron chi connectivity index (χ4n) is 4.00. The Labute approximate surface area is 180 Å². The third kappa shape index (κ3) is 3.78. The summed E-state index contributed by atoms with van der Waals surface area (Å²) < 4.78 is 57.4. The molecule has 5 heterocycles. The van der Waals surface area contributed by atoms with Crippen LogP contribution in [0.1, 0.15) is 11.4 Å². The zero-order valence-electron chi connectivity index (χ0n) is 16.2. The normalized spacial score (nSPS) is 20.5. The number of fused-ring (bicyclic) bond motifs is 2. The molecule has 0 amide bonds. The molecule has 5 rings (SSSR count). The van der Waals surface area contributed by atoms with Crippen LogP contribution in [0.3, 0.4) is 0 Å². The molecule has 0 radical (unpaired) electrons. The van der Waals surface area contributed by atoms with E-state index < -0.39 is 21.5 Å². The van der Waals surface area contributed by atoms with Gasteiger partial charge in [-0.2, -0.15) is 0 Å². The third-order valence-electron chi connectivity index (χ3n) is 5.52. The number of rotatable bonds is 4. The van der Waals surface area contributed by atoms with Gasteiger partial charge in [-0.05, 0) is 6.07 Å². The predicted octanol–water partition coefficient (Wildman–Crippen LogP) is 0.959. The summed E-state index contributed by atoms with van der Waals surface area (Å²) >= 11 is 0.710. The van der Waals surface area contributed by atoms with Gasteiger partial charge in [0.25, 0.3) is 6.43 Å². The number of pyridine rings is 1. The van der Waals surface area contributed by atoms with E-state index in [4.69, 9.17) is 9.88 Å². The molecule has 14 heteroatoms. The Balaban J connectivity index is 1.61. The van der Waals surface area contributed by atoms with E-state index in [9.17, 15) is 17.2 Å². The fraction of sp³-hybridized carbons (Fsp3) is 0.471. The summed E-state index contributed by atoms with van der Waals surface area (Å²) in [6.45, 7) is 4.33. The van der Waals surface area contributed by atoms with Crippen LogP contribution in [-0.2, 0) is 14.8 Å². The van der Waals surface area contributed by atoms with Crippen LogP contribution in [0, 0.1) is 0 Å². The van der Waals surface area contributed by atoms with Gasteiger partial charge >= 0.3 is 0 Å². The zero-order chi connectivity index (χ0) is 21.8. The van der Waals surface area contributed by atoms with Gasteiger partial charge in [-0.15, -0.1) is 10.2 Å². The van der Waals surface area contributed by atoms with Gasteiger partial charge in [0.15, 0.2) is 15.8 Å². The van der Waals surface area contributed by atoms with Crippen molar-refractivity contribution in [2.24, 2.45) is 5.14 Å². The summed E-state index contributed by atoms with van der Waals surface area (Å²) in [4.78, 5) is 8.66. The Morgan fingerprint density at radius 2 is 2.10 bits per heavy atom. The lowest BCUT2D eigenvalue weighted by molar-refractivity contribution is -0.0116. The van der Waals surface area contributed by atoms with Crippen LogP contribution < -0.4 is 10.0 Å². The number of primary sulfonamides is 1. The molecule has 2 aliphatic rings. The average Bonchev–Trinajstić information content (AvgIpc) is 3.39. The number of halogens is 2. The number of aromatic nitrogens is 4. The number of ether oxygens (including phenoxy) is 1. The molecule has 10 nitrogen and oxygen atoms in total. The van der Waals surface area contributed by atoms with E-state index in [1.807, 2.05) is 0 Å². The molecule has 3 aromatic rings. The molecule has 2 N–H and O–H groups in total. The van der Waals surface area contributed by atoms with Crippen molar-refractivity contribution in [1.29, 1.82) is 0 Å². The van der Waals surface area contributed by atoms with Gasteiger partial charge in [0.05, 0.1) is 36.7 Å². The first-order valence-electron chi connectivity index (χ1n) is 9.54. The van der Waals surface area contributed by atoms with E-state index in [0.29, 0.717) is 48.8 Å². The summed E-state index contributed by atoms with van der Waals surface area (Å²) in [7, 11) is -4.03. The molecule has 0 spiro atoms. The summed E-state index contributed by atoms with van der Waals surface area (Å²) in [5.74, 6) is 0.228. The van der Waals surface area contributed by atoms with Crippen molar-refractivity contribution in [3.05, 3.63) is 23.5 Å². The zero-order valence-corrected chi connectivity index (χ0v) is 17.8. The SMILES string of the molecule is NS(=O)(=O)c1cc(N2CCN3CCOCC3C2)c2cnc(-c3nnc(C(F)F)s3)n2c1. The second kappa shape index (κ2) is 7.70. The van der Waals surface area contributed by atoms with Gasteiger partial charge < -0.3 is 9.64 Å². The van der Waals surface area contributed by atoms with Crippen LogP contribution >= 0.6 is 11.3 Å². The number of hydrogen-bond donors (Lipinski definition) is 1. The van der Waals surface area contributed by atoms with Crippen LogP contribution in [0.15, 0.2) is 23.4 Å². The van der Waals surface area contributed by atoms with E-state index in [1.54, 1.807) is 6.20 Å². The van der Waals surface area contributed by atoms with E-state index in [2.05, 4.69) is 25.0 Å². The number of morpholine rings is 1. The molecule has 0 saturated carbocycles. The van der Waals surface area contributed by atoms with Gasteiger partial charge in [-0.3, -0.25) is 9.30 Å². The Kier molecular flexibility index (Phi) is 5.13. The van der Waals surface area contributed by atoms with Gasteiger partial charge in [0.2, 0.25) is 10.0 Å². The molecular weight excluding hydrogens is 452 g/mol. The molecule has 0 aromatic carbocycles. The number of imidazole rings is 1. The van der Waals surface area contributed by atoms with Gasteiger partial charge in [0, 0.05) is 32.4 Å². The van der Waals surface area contributed by atoms with Crippen LogP contribution in [0.2, 0.25) is 0 Å². The molecule has 31 heavy (non-hydrogen) atoms. The number of piperazine rings is 1. The first kappa shape index (κ1) is 20.6. The second-order valence-corrected chi connectivity index (χ2v) is 9.97. The molecule has 1 atom stereocenters. The molecule has 2 fully saturated rings. The lowest BCUT2D eigenvalue weighted by Gasteiger charge is -2.44. The van der Waals surface area contributed by atoms with Crippen LogP contribution in [0.25, 0.3) is 16.3 Å². The fourth-order valence-corrected chi connectivity index (χ4v) is 5.22. The maximum absolute atomic E-state index is 13.0. The highest BCUT2D eigenvalue weighted by molar-refractivity contribution is 7.89. The molecule has 0 bridgehead atoms. The Hall–Kier alpha value is -2.26. The highest BCUT2D eigenvalue weighted by atomic mass is 32.2. The maximum atomic E-state index is 13.0. The molecule has 2 saturated heterocycles. The monoisotopic (exact) mass is 471 g/mol. The van der Waals surface area contributed by atoms with Crippen LogP contribution in [-0.4, -0.2) is 78.3 Å². The van der Waals surface area contributed by atoms with E-state index in [0.717, 1.165) is 13.1 Å². The van der Waals surface area contributed by atoms with E-state index in [-0.39, 0.29) is 21.8 Å². The number of nitrogens with zero attached hydrogens (tertiary/aromatic N) is 6. The van der Waals surface area contributed by atoms with Crippen molar-refractivity contribution >= 4 is 32.6 Å². The number of nitrogens with two attached hydrogens (primary N) is 1. The number of sulfonamides is 1. The van der Waals surface area contributed by atoms with Crippen LogP contribution in [0.5, 0.6) is 0 Å². The first-order chi connectivity index (χ1) is 14.8. The standard InChI is InChI=1S/C17H19F2N7O3S2/c18-14(19)16-22-23-17(30-16)15-21-6-13-12(5-11(8-26(13)15)31(20,27)28)25-2-1-24-3-4-29-9-10(24)7-25/h5-6,8,10,14H,1-4,7,9H2,(H2,20,27,28). The quantitative estimate of drug-likeness (QED) is 0.598. The summed E-state index contributed by atoms with van der Waals surface area (Å²) in [5.41, 5.74) is 1.27. The number of hydrogen-bond acceptors (Lipinski definition) is 9. The molecule has 166 valence electrons. The van der Waals surface area contributed by atoms with Crippen molar-refractivity contribution in [3.63, 3.8) is 0 Å². The summed E-state index contributed by atoms with van der Waals surface area (Å²) in [6, 6.07) is 1.72. The van der Waals surface area contributed by atoms with Gasteiger partial charge in [-0.1, -0.05) is 11.3 Å². The minimum Gasteiger partial charge on any atom is -0.378 e. The summed E-state index contributed by atoms with van der Waals surface area (Å²) in [6.07, 6.45) is 0.159. The summed E-state index contributed by atoms with van der Waals surface area (Å²) in [5, 5.41) is 12.5. The van der Waals surface area contributed by atoms with Crippen molar-refractivity contribution < 1.29 is 21.9 Å². The minimum absolute atomic E-state index is 0.102. The highest BCUT2D eigenvalue weighted by Gasteiger charge is 2.31.